The van der Waals surface area contributed by atoms with Crippen molar-refractivity contribution in [3.05, 3.63) is 41.7 Å². The molecular weight excluding hydrogens is 270 g/mol. The molecule has 0 fully saturated rings. The minimum absolute atomic E-state index is 0.705. The molecule has 3 rings (SSSR count). The Morgan fingerprint density at radius 3 is 2.85 bits per heavy atom. The Labute approximate surface area is 122 Å². The van der Waals surface area contributed by atoms with Crippen LogP contribution in [-0.4, -0.2) is 20.3 Å². The second-order valence-electron chi connectivity index (χ2n) is 4.69. The van der Waals surface area contributed by atoms with Crippen LogP contribution < -0.4 is 0 Å². The molecule has 20 heavy (non-hydrogen) atoms. The van der Waals surface area contributed by atoms with Gasteiger partial charge in [0.25, 0.3) is 0 Å². The van der Waals surface area contributed by atoms with Gasteiger partial charge in [-0.3, -0.25) is 0 Å². The van der Waals surface area contributed by atoms with Crippen LogP contribution in [0.2, 0.25) is 0 Å². The number of furan rings is 1. The molecule has 0 aliphatic heterocycles. The van der Waals surface area contributed by atoms with Crippen LogP contribution in [0.5, 0.6) is 0 Å². The maximum Gasteiger partial charge on any atom is 0.145 e. The molecular formula is C15H17N3OS. The summed E-state index contributed by atoms with van der Waals surface area (Å²) in [5, 5.41) is 2.24. The van der Waals surface area contributed by atoms with Gasteiger partial charge in [0.15, 0.2) is 0 Å². The van der Waals surface area contributed by atoms with Gasteiger partial charge in [-0.15, -0.1) is 11.8 Å². The van der Waals surface area contributed by atoms with E-state index in [1.54, 1.807) is 24.4 Å². The van der Waals surface area contributed by atoms with E-state index < -0.39 is 0 Å². The van der Waals surface area contributed by atoms with Gasteiger partial charge in [0, 0.05) is 5.69 Å². The van der Waals surface area contributed by atoms with Crippen molar-refractivity contribution in [2.24, 2.45) is 0 Å². The predicted octanol–water partition coefficient (Wildman–Crippen LogP) is 3.80. The fourth-order valence-corrected chi connectivity index (χ4v) is 3.22. The molecule has 0 bridgehead atoms. The summed E-state index contributed by atoms with van der Waals surface area (Å²) in [4.78, 5) is 8.91. The zero-order chi connectivity index (χ0) is 14.1. The van der Waals surface area contributed by atoms with Crippen molar-refractivity contribution in [2.45, 2.75) is 32.3 Å². The third-order valence-electron chi connectivity index (χ3n) is 3.55. The number of hydrogen-bond acceptors (Lipinski definition) is 4. The molecule has 5 heteroatoms. The maximum atomic E-state index is 5.46. The zero-order valence-corrected chi connectivity index (χ0v) is 12.7. The third-order valence-corrected chi connectivity index (χ3v) is 4.42. The van der Waals surface area contributed by atoms with Crippen LogP contribution in [0.1, 0.15) is 23.9 Å². The topological polar surface area (TPSA) is 43.9 Å². The van der Waals surface area contributed by atoms with E-state index in [-0.39, 0.29) is 0 Å². The van der Waals surface area contributed by atoms with Crippen molar-refractivity contribution in [3.8, 4) is 0 Å². The third kappa shape index (κ3) is 2.12. The first-order valence-corrected chi connectivity index (χ1v) is 7.66. The smallest absolute Gasteiger partial charge is 0.145 e. The van der Waals surface area contributed by atoms with E-state index in [0.717, 1.165) is 22.2 Å². The summed E-state index contributed by atoms with van der Waals surface area (Å²) in [6.07, 6.45) is 3.36. The molecule has 0 aliphatic carbocycles. The molecule has 0 radical (unpaired) electrons. The van der Waals surface area contributed by atoms with Crippen molar-refractivity contribution >= 4 is 22.8 Å². The Morgan fingerprint density at radius 1 is 1.30 bits per heavy atom. The lowest BCUT2D eigenvalue weighted by atomic mass is 10.2. The number of aryl methyl sites for hydroxylation is 1. The van der Waals surface area contributed by atoms with E-state index >= 15 is 0 Å². The summed E-state index contributed by atoms with van der Waals surface area (Å²) in [6, 6.07) is 3.90. The number of fused-ring (bicyclic) bond motifs is 1. The van der Waals surface area contributed by atoms with Crippen LogP contribution in [0, 0.1) is 13.8 Å². The maximum absolute atomic E-state index is 5.46. The molecule has 0 atom stereocenters. The first kappa shape index (κ1) is 13.2. The normalized spacial score (nSPS) is 11.3. The summed E-state index contributed by atoms with van der Waals surface area (Å²) in [5.74, 6) is 1.95. The Kier molecular flexibility index (Phi) is 3.53. The lowest BCUT2D eigenvalue weighted by Gasteiger charge is -2.05. The Hall–Kier alpha value is -1.75. The molecule has 0 saturated heterocycles. The van der Waals surface area contributed by atoms with Gasteiger partial charge in [0.2, 0.25) is 0 Å². The second kappa shape index (κ2) is 5.32. The molecule has 104 valence electrons. The molecule has 3 aromatic rings. The molecule has 0 N–H and O–H groups in total. The van der Waals surface area contributed by atoms with Crippen molar-refractivity contribution in [1.82, 2.24) is 14.5 Å². The summed E-state index contributed by atoms with van der Waals surface area (Å²) in [7, 11) is 0. The highest BCUT2D eigenvalue weighted by molar-refractivity contribution is 7.99. The monoisotopic (exact) mass is 287 g/mol. The molecule has 0 unspecified atom stereocenters. The Balaban J connectivity index is 2.17. The lowest BCUT2D eigenvalue weighted by Crippen LogP contribution is -2.02. The van der Waals surface area contributed by atoms with Crippen LogP contribution in [-0.2, 0) is 6.54 Å². The lowest BCUT2D eigenvalue weighted by molar-refractivity contribution is 0.494. The van der Waals surface area contributed by atoms with Gasteiger partial charge in [-0.05, 0) is 37.3 Å². The predicted molar refractivity (Wildman–Crippen MR) is 81.2 cm³/mol. The number of rotatable bonds is 4. The second-order valence-corrected chi connectivity index (χ2v) is 5.94. The number of nitrogens with zero attached hydrogens (tertiary/aromatic N) is 3. The Morgan fingerprint density at radius 2 is 2.15 bits per heavy atom. The van der Waals surface area contributed by atoms with Crippen LogP contribution in [0.15, 0.2) is 34.2 Å². The number of thioether (sulfide) groups is 1. The average molecular weight is 287 g/mol. The first-order chi connectivity index (χ1) is 9.72. The molecule has 0 spiro atoms. The molecule has 4 nitrogen and oxygen atoms in total. The summed E-state index contributed by atoms with van der Waals surface area (Å²) in [6.45, 7) is 7.11. The van der Waals surface area contributed by atoms with Crippen molar-refractivity contribution in [1.29, 1.82) is 0 Å². The minimum Gasteiger partial charge on any atom is -0.467 e. The minimum atomic E-state index is 0.705. The largest absolute Gasteiger partial charge is 0.467 e. The standard InChI is InChI=1S/C15H17N3OS/c1-4-20-15-13-10(2)11(3)18(14(13)16-9-17-15)8-12-6-5-7-19-12/h5-7,9H,4,8H2,1-3H3. The van der Waals surface area contributed by atoms with Gasteiger partial charge in [0.05, 0.1) is 18.2 Å². The molecule has 0 aliphatic rings. The van der Waals surface area contributed by atoms with Crippen molar-refractivity contribution < 1.29 is 4.42 Å². The van der Waals surface area contributed by atoms with Crippen LogP contribution in [0.25, 0.3) is 11.0 Å². The molecule has 3 aromatic heterocycles. The van der Waals surface area contributed by atoms with Gasteiger partial charge in [-0.25, -0.2) is 9.97 Å². The van der Waals surface area contributed by atoms with Crippen LogP contribution in [0.3, 0.4) is 0 Å². The fourth-order valence-electron chi connectivity index (χ4n) is 2.43. The van der Waals surface area contributed by atoms with Gasteiger partial charge in [-0.2, -0.15) is 0 Å². The van der Waals surface area contributed by atoms with E-state index in [9.17, 15) is 0 Å². The highest BCUT2D eigenvalue weighted by atomic mass is 32.2. The molecule has 0 amide bonds. The van der Waals surface area contributed by atoms with Gasteiger partial charge >= 0.3 is 0 Å². The Bertz CT molecular complexity index is 731. The van der Waals surface area contributed by atoms with Crippen LogP contribution >= 0.6 is 11.8 Å². The number of aromatic nitrogens is 3. The van der Waals surface area contributed by atoms with E-state index in [0.29, 0.717) is 6.54 Å². The van der Waals surface area contributed by atoms with Gasteiger partial charge in [0.1, 0.15) is 22.8 Å². The summed E-state index contributed by atoms with van der Waals surface area (Å²) >= 11 is 1.76. The van der Waals surface area contributed by atoms with E-state index in [1.807, 2.05) is 12.1 Å². The van der Waals surface area contributed by atoms with Crippen molar-refractivity contribution in [3.63, 3.8) is 0 Å². The molecule has 0 saturated carbocycles. The first-order valence-electron chi connectivity index (χ1n) is 6.68. The number of hydrogen-bond donors (Lipinski definition) is 0. The van der Waals surface area contributed by atoms with Gasteiger partial charge in [-0.1, -0.05) is 6.92 Å². The van der Waals surface area contributed by atoms with Crippen LogP contribution in [0.4, 0.5) is 0 Å². The summed E-state index contributed by atoms with van der Waals surface area (Å²) in [5.41, 5.74) is 3.46. The molecule has 0 aromatic carbocycles. The average Bonchev–Trinajstić information content (AvgIpc) is 3.03. The highest BCUT2D eigenvalue weighted by Crippen LogP contribution is 2.31. The van der Waals surface area contributed by atoms with E-state index in [2.05, 4.69) is 35.3 Å². The summed E-state index contributed by atoms with van der Waals surface area (Å²) < 4.78 is 7.66. The SMILES string of the molecule is CCSc1ncnc2c1c(C)c(C)n2Cc1ccco1. The highest BCUT2D eigenvalue weighted by Gasteiger charge is 2.17. The van der Waals surface area contributed by atoms with E-state index in [1.165, 1.54) is 16.6 Å². The molecule has 3 heterocycles. The zero-order valence-electron chi connectivity index (χ0n) is 11.9. The quantitative estimate of drug-likeness (QED) is 0.541. The fraction of sp³-hybridized carbons (Fsp3) is 0.333. The van der Waals surface area contributed by atoms with E-state index in [4.69, 9.17) is 4.42 Å². The van der Waals surface area contributed by atoms with Crippen molar-refractivity contribution in [2.75, 3.05) is 5.75 Å². The van der Waals surface area contributed by atoms with Gasteiger partial charge < -0.3 is 8.98 Å².